The van der Waals surface area contributed by atoms with Gasteiger partial charge in [0.25, 0.3) is 0 Å². The molecule has 3 unspecified atom stereocenters. The molecule has 1 aliphatic heterocycles. The van der Waals surface area contributed by atoms with Gasteiger partial charge in [0.2, 0.25) is 5.88 Å². The summed E-state index contributed by atoms with van der Waals surface area (Å²) in [5.41, 5.74) is 0. The summed E-state index contributed by atoms with van der Waals surface area (Å²) >= 11 is 0. The minimum absolute atomic E-state index is 0.0287. The molecule has 1 saturated carbocycles. The van der Waals surface area contributed by atoms with E-state index in [-0.39, 0.29) is 12.0 Å². The number of anilines is 1. The van der Waals surface area contributed by atoms with Crippen LogP contribution in [-0.2, 0) is 4.79 Å². The number of carbonyl (C=O) groups is 1. The van der Waals surface area contributed by atoms with Crippen molar-refractivity contribution < 1.29 is 14.6 Å². The lowest BCUT2D eigenvalue weighted by Gasteiger charge is -2.25. The topological polar surface area (TPSA) is 75.5 Å². The van der Waals surface area contributed by atoms with Crippen LogP contribution in [0.25, 0.3) is 0 Å². The molecule has 114 valence electrons. The van der Waals surface area contributed by atoms with Gasteiger partial charge in [0.05, 0.1) is 6.10 Å². The van der Waals surface area contributed by atoms with Crippen LogP contribution in [0.1, 0.15) is 33.1 Å². The van der Waals surface area contributed by atoms with E-state index in [1.807, 2.05) is 18.7 Å². The molecule has 2 aliphatic rings. The summed E-state index contributed by atoms with van der Waals surface area (Å²) in [5.74, 6) is 1.11. The molecule has 21 heavy (non-hydrogen) atoms. The van der Waals surface area contributed by atoms with E-state index < -0.39 is 12.0 Å². The van der Waals surface area contributed by atoms with Gasteiger partial charge in [0, 0.05) is 12.6 Å². The van der Waals surface area contributed by atoms with Crippen molar-refractivity contribution in [3.63, 3.8) is 0 Å². The van der Waals surface area contributed by atoms with Gasteiger partial charge >= 0.3 is 5.97 Å². The van der Waals surface area contributed by atoms with Crippen molar-refractivity contribution in [2.45, 2.75) is 45.3 Å². The van der Waals surface area contributed by atoms with Gasteiger partial charge in [-0.05, 0) is 38.5 Å². The Morgan fingerprint density at radius 2 is 2.24 bits per heavy atom. The fourth-order valence-electron chi connectivity index (χ4n) is 3.65. The van der Waals surface area contributed by atoms with Crippen molar-refractivity contribution >= 4 is 11.8 Å². The molecule has 2 heterocycles. The summed E-state index contributed by atoms with van der Waals surface area (Å²) in [4.78, 5) is 21.9. The van der Waals surface area contributed by atoms with Gasteiger partial charge in [-0.3, -0.25) is 0 Å². The second-order valence-electron chi connectivity index (χ2n) is 6.17. The van der Waals surface area contributed by atoms with Crippen molar-refractivity contribution in [2.24, 2.45) is 11.8 Å². The first-order chi connectivity index (χ1) is 10.1. The molecule has 1 N–H and O–H groups in total. The Balaban J connectivity index is 1.87. The van der Waals surface area contributed by atoms with E-state index in [9.17, 15) is 9.90 Å². The zero-order chi connectivity index (χ0) is 15.0. The summed E-state index contributed by atoms with van der Waals surface area (Å²) in [6.45, 7) is 4.63. The Kier molecular flexibility index (Phi) is 3.69. The second-order valence-corrected chi connectivity index (χ2v) is 6.17. The van der Waals surface area contributed by atoms with Crippen LogP contribution in [0.15, 0.2) is 12.4 Å². The summed E-state index contributed by atoms with van der Waals surface area (Å²) in [6, 6.07) is 1.27. The highest BCUT2D eigenvalue weighted by Crippen LogP contribution is 2.43. The summed E-state index contributed by atoms with van der Waals surface area (Å²) in [7, 11) is 0. The number of rotatable bonds is 4. The number of ether oxygens (including phenoxy) is 1. The molecule has 1 aliphatic carbocycles. The number of hydrogen-bond donors (Lipinski definition) is 1. The SMILES string of the molecule is CC(C)Oc1cc(N2CC3CCCC3C2C(=O)O)ncn1. The lowest BCUT2D eigenvalue weighted by molar-refractivity contribution is -0.139. The number of fused-ring (bicyclic) bond motifs is 1. The number of aromatic nitrogens is 2. The summed E-state index contributed by atoms with van der Waals surface area (Å²) in [6.07, 6.45) is 4.73. The molecular formula is C15H21N3O3. The number of carboxylic acids is 1. The van der Waals surface area contributed by atoms with Gasteiger partial charge < -0.3 is 14.7 Å². The molecule has 0 radical (unpaired) electrons. The van der Waals surface area contributed by atoms with Gasteiger partial charge in [0.1, 0.15) is 18.2 Å². The summed E-state index contributed by atoms with van der Waals surface area (Å²) < 4.78 is 5.58. The molecule has 3 atom stereocenters. The first-order valence-corrected chi connectivity index (χ1v) is 7.54. The Hall–Kier alpha value is -1.85. The predicted octanol–water partition coefficient (Wildman–Crippen LogP) is 1.95. The average molecular weight is 291 g/mol. The maximum Gasteiger partial charge on any atom is 0.326 e. The summed E-state index contributed by atoms with van der Waals surface area (Å²) in [5, 5.41) is 9.59. The Labute approximate surface area is 124 Å². The highest BCUT2D eigenvalue weighted by atomic mass is 16.5. The van der Waals surface area contributed by atoms with Crippen molar-refractivity contribution in [3.8, 4) is 5.88 Å². The number of hydrogen-bond acceptors (Lipinski definition) is 5. The Morgan fingerprint density at radius 3 is 2.95 bits per heavy atom. The number of nitrogens with zero attached hydrogens (tertiary/aromatic N) is 3. The van der Waals surface area contributed by atoms with E-state index in [1.54, 1.807) is 6.07 Å². The quantitative estimate of drug-likeness (QED) is 0.914. The van der Waals surface area contributed by atoms with Crippen LogP contribution in [-0.4, -0.2) is 39.7 Å². The molecule has 3 rings (SSSR count). The largest absolute Gasteiger partial charge is 0.480 e. The lowest BCUT2D eigenvalue weighted by Crippen LogP contribution is -2.40. The molecule has 0 amide bonds. The normalized spacial score (nSPS) is 28.0. The number of aliphatic carboxylic acids is 1. The minimum Gasteiger partial charge on any atom is -0.480 e. The third-order valence-electron chi connectivity index (χ3n) is 4.42. The zero-order valence-corrected chi connectivity index (χ0v) is 12.4. The van der Waals surface area contributed by atoms with E-state index in [0.29, 0.717) is 17.6 Å². The van der Waals surface area contributed by atoms with Crippen LogP contribution in [0.4, 0.5) is 5.82 Å². The predicted molar refractivity (Wildman–Crippen MR) is 77.4 cm³/mol. The smallest absolute Gasteiger partial charge is 0.326 e. The maximum absolute atomic E-state index is 11.7. The zero-order valence-electron chi connectivity index (χ0n) is 12.4. The van der Waals surface area contributed by atoms with E-state index in [2.05, 4.69) is 9.97 Å². The molecule has 1 saturated heterocycles. The van der Waals surface area contributed by atoms with E-state index in [4.69, 9.17) is 4.74 Å². The molecule has 0 aromatic carbocycles. The number of carboxylic acid groups (broad SMARTS) is 1. The van der Waals surface area contributed by atoms with Gasteiger partial charge in [0.15, 0.2) is 0 Å². The van der Waals surface area contributed by atoms with Gasteiger partial charge in [-0.2, -0.15) is 0 Å². The standard InChI is InChI=1S/C15H21N3O3/c1-9(2)21-13-6-12(16-8-17-13)18-7-10-4-3-5-11(10)14(18)15(19)20/h6,8-11,14H,3-5,7H2,1-2H3,(H,19,20). The van der Waals surface area contributed by atoms with Gasteiger partial charge in [-0.15, -0.1) is 0 Å². The fraction of sp³-hybridized carbons (Fsp3) is 0.667. The molecule has 1 aromatic heterocycles. The van der Waals surface area contributed by atoms with Crippen LogP contribution in [0, 0.1) is 11.8 Å². The van der Waals surface area contributed by atoms with Crippen molar-refractivity contribution in [3.05, 3.63) is 12.4 Å². The monoisotopic (exact) mass is 291 g/mol. The van der Waals surface area contributed by atoms with Gasteiger partial charge in [-0.25, -0.2) is 14.8 Å². The van der Waals surface area contributed by atoms with Crippen molar-refractivity contribution in [2.75, 3.05) is 11.4 Å². The molecule has 0 spiro atoms. The van der Waals surface area contributed by atoms with E-state index in [0.717, 1.165) is 25.8 Å². The van der Waals surface area contributed by atoms with Crippen LogP contribution in [0.5, 0.6) is 5.88 Å². The average Bonchev–Trinajstić information content (AvgIpc) is 2.97. The van der Waals surface area contributed by atoms with E-state index in [1.165, 1.54) is 6.33 Å². The Morgan fingerprint density at radius 1 is 1.43 bits per heavy atom. The molecule has 6 nitrogen and oxygen atoms in total. The van der Waals surface area contributed by atoms with Crippen LogP contribution < -0.4 is 9.64 Å². The minimum atomic E-state index is -0.755. The van der Waals surface area contributed by atoms with Crippen LogP contribution in [0.3, 0.4) is 0 Å². The third kappa shape index (κ3) is 2.66. The van der Waals surface area contributed by atoms with Crippen molar-refractivity contribution in [1.82, 2.24) is 9.97 Å². The van der Waals surface area contributed by atoms with Crippen LogP contribution >= 0.6 is 0 Å². The highest BCUT2D eigenvalue weighted by molar-refractivity contribution is 5.79. The fourth-order valence-corrected chi connectivity index (χ4v) is 3.65. The van der Waals surface area contributed by atoms with E-state index >= 15 is 0 Å². The lowest BCUT2D eigenvalue weighted by atomic mass is 9.94. The maximum atomic E-state index is 11.7. The molecule has 0 bridgehead atoms. The first kappa shape index (κ1) is 14.1. The van der Waals surface area contributed by atoms with Gasteiger partial charge in [-0.1, -0.05) is 6.42 Å². The molecule has 2 fully saturated rings. The molecular weight excluding hydrogens is 270 g/mol. The molecule has 6 heteroatoms. The Bertz CT molecular complexity index is 535. The first-order valence-electron chi connectivity index (χ1n) is 7.54. The second kappa shape index (κ2) is 5.50. The molecule has 1 aromatic rings. The highest BCUT2D eigenvalue weighted by Gasteiger charge is 2.48. The third-order valence-corrected chi connectivity index (χ3v) is 4.42. The van der Waals surface area contributed by atoms with Crippen molar-refractivity contribution in [1.29, 1.82) is 0 Å². The van der Waals surface area contributed by atoms with Crippen LogP contribution in [0.2, 0.25) is 0 Å².